The van der Waals surface area contributed by atoms with Crippen molar-refractivity contribution >= 4 is 124 Å². The van der Waals surface area contributed by atoms with Gasteiger partial charge < -0.3 is 31.9 Å². The maximum atomic E-state index is 4.61. The van der Waals surface area contributed by atoms with Crippen LogP contribution in [0.5, 0.6) is 0 Å². The second-order valence-electron chi connectivity index (χ2n) is 21.6. The van der Waals surface area contributed by atoms with Gasteiger partial charge in [-0.05, 0) is 107 Å². The quantitative estimate of drug-likeness (QED) is 0.0541. The van der Waals surface area contributed by atoms with E-state index in [1.165, 1.54) is 0 Å². The van der Waals surface area contributed by atoms with Gasteiger partial charge >= 0.3 is 0 Å². The number of fused-ring (bicyclic) bond motifs is 5. The number of nitrogens with zero attached hydrogens (tertiary/aromatic N) is 13. The minimum Gasteiger partial charge on any atom is -0.324 e. The highest BCUT2D eigenvalue weighted by Gasteiger charge is 2.13. The first-order valence-corrected chi connectivity index (χ1v) is 30.8. The molecule has 0 bridgehead atoms. The fourth-order valence-corrected chi connectivity index (χ4v) is 9.65. The van der Waals surface area contributed by atoms with Crippen LogP contribution in [-0.4, -0.2) is 90.9 Å². The molecule has 0 aliphatic heterocycles. The molecular weight excluding hydrogens is 1210 g/mol. The Bertz CT molecular complexity index is 4930. The lowest BCUT2D eigenvalue weighted by molar-refractivity contribution is 1.05. The molecular formula is C73H66N24. The third-order valence-corrected chi connectivity index (χ3v) is 14.2. The van der Waals surface area contributed by atoms with Gasteiger partial charge in [0.25, 0.3) is 0 Å². The van der Waals surface area contributed by atoms with Gasteiger partial charge in [0.1, 0.15) is 35.9 Å². The van der Waals surface area contributed by atoms with Crippen molar-refractivity contribution in [3.63, 3.8) is 0 Å². The standard InChI is InChI=1S/2C18H16N6.2C12H11N5.C7H6N2.C6H6/c2*1-12-11-16(24-23-12)21-17-14-9-5-6-10-15(14)20-18(22-17)19-13-7-3-2-4-8-13;2*1-8-6-11(17-16-8)15-12-9-4-2-3-5-10(9)13-7-14-12;1-2-4-7-6(3-1)5-8-9-7;1-2-4-6-5-3-1/h2*2-11H,1H3,(H3,19,20,21,22,23,24);2*2-7H,1H3,(H2,13,14,15,16,17);1-5H,(H,8,9);1-6H. The Labute approximate surface area is 556 Å². The summed E-state index contributed by atoms with van der Waals surface area (Å²) < 4.78 is 0. The van der Waals surface area contributed by atoms with Gasteiger partial charge in [-0.2, -0.15) is 35.5 Å². The van der Waals surface area contributed by atoms with E-state index >= 15 is 0 Å². The first-order valence-electron chi connectivity index (χ1n) is 30.8. The lowest BCUT2D eigenvalue weighted by atomic mass is 10.2. The van der Waals surface area contributed by atoms with Gasteiger partial charge in [0.2, 0.25) is 11.9 Å². The van der Waals surface area contributed by atoms with Crippen molar-refractivity contribution in [1.29, 1.82) is 0 Å². The molecule has 9 aromatic heterocycles. The molecule has 17 aromatic rings. The van der Waals surface area contributed by atoms with Crippen molar-refractivity contribution in [3.8, 4) is 0 Å². The van der Waals surface area contributed by atoms with Gasteiger partial charge in [0, 0.05) is 85.3 Å². The monoisotopic (exact) mass is 1280 g/mol. The summed E-state index contributed by atoms with van der Waals surface area (Å²) in [6.45, 7) is 7.82. The van der Waals surface area contributed by atoms with Crippen molar-refractivity contribution in [3.05, 3.63) is 284 Å². The molecule has 24 heteroatoms. The van der Waals surface area contributed by atoms with Crippen molar-refractivity contribution in [2.24, 2.45) is 0 Å². The molecule has 0 fully saturated rings. The molecule has 11 N–H and O–H groups in total. The van der Waals surface area contributed by atoms with Crippen molar-refractivity contribution in [2.75, 3.05) is 31.9 Å². The molecule has 97 heavy (non-hydrogen) atoms. The van der Waals surface area contributed by atoms with Crippen LogP contribution in [0.15, 0.2) is 262 Å². The molecule has 478 valence electrons. The summed E-state index contributed by atoms with van der Waals surface area (Å²) >= 11 is 0. The molecule has 9 heterocycles. The number of H-pyrrole nitrogens is 5. The predicted octanol–water partition coefficient (Wildman–Crippen LogP) is 16.4. The number of rotatable bonds is 12. The number of nitrogens with one attached hydrogen (secondary N) is 11. The van der Waals surface area contributed by atoms with Gasteiger partial charge in [-0.3, -0.25) is 25.5 Å². The van der Waals surface area contributed by atoms with E-state index in [1.54, 1.807) is 12.7 Å². The van der Waals surface area contributed by atoms with Crippen LogP contribution in [0.2, 0.25) is 0 Å². The number of benzene rings is 8. The van der Waals surface area contributed by atoms with E-state index in [2.05, 4.69) is 123 Å². The highest BCUT2D eigenvalue weighted by Crippen LogP contribution is 2.29. The smallest absolute Gasteiger partial charge is 0.229 e. The van der Waals surface area contributed by atoms with Gasteiger partial charge in [-0.1, -0.05) is 140 Å². The molecule has 0 unspecified atom stereocenters. The van der Waals surface area contributed by atoms with E-state index in [0.717, 1.165) is 124 Å². The van der Waals surface area contributed by atoms with Crippen molar-refractivity contribution in [1.82, 2.24) is 90.9 Å². The molecule has 0 radical (unpaired) electrons. The zero-order valence-electron chi connectivity index (χ0n) is 53.1. The number of para-hydroxylation sites is 7. The molecule has 0 atom stereocenters. The maximum absolute atomic E-state index is 4.61. The first-order chi connectivity index (χ1) is 47.7. The Morgan fingerprint density at radius 1 is 0.278 bits per heavy atom. The van der Waals surface area contributed by atoms with Crippen LogP contribution in [0, 0.1) is 27.7 Å². The third kappa shape index (κ3) is 17.6. The summed E-state index contributed by atoms with van der Waals surface area (Å²) in [7, 11) is 0. The normalized spacial score (nSPS) is 10.5. The number of hydrogen-bond acceptors (Lipinski definition) is 19. The minimum absolute atomic E-state index is 0.537. The Hall–Kier alpha value is -13.8. The maximum Gasteiger partial charge on any atom is 0.229 e. The van der Waals surface area contributed by atoms with E-state index in [1.807, 2.05) is 277 Å². The second kappa shape index (κ2) is 31.5. The molecule has 0 aliphatic carbocycles. The van der Waals surface area contributed by atoms with Gasteiger partial charge in [-0.15, -0.1) is 0 Å². The lowest BCUT2D eigenvalue weighted by Gasteiger charge is -2.10. The van der Waals surface area contributed by atoms with E-state index in [9.17, 15) is 0 Å². The highest BCUT2D eigenvalue weighted by molar-refractivity contribution is 5.94. The number of aromatic amines is 5. The Kier molecular flexibility index (Phi) is 20.6. The van der Waals surface area contributed by atoms with Crippen molar-refractivity contribution < 1.29 is 0 Å². The topological polar surface area (TPSA) is 319 Å². The SMILES string of the molecule is Cc1cc(Nc2nc(Nc3ccccc3)nc3ccccc23)n[nH]1.Cc1cc(Nc2nc(Nc3ccccc3)nc3ccccc23)n[nH]1.Cc1cc(Nc2ncnc3ccccc23)n[nH]1.Cc1cc(Nc2ncnc3ccccc23)n[nH]1.c1ccc2[nH]ncc2c1.c1ccccc1. The Morgan fingerprint density at radius 2 is 0.598 bits per heavy atom. The Balaban J connectivity index is 0.000000116. The number of aryl methyl sites for hydroxylation is 4. The molecule has 0 aliphatic rings. The zero-order chi connectivity index (χ0) is 66.4. The van der Waals surface area contributed by atoms with Gasteiger partial charge in [0.15, 0.2) is 23.3 Å². The van der Waals surface area contributed by atoms with Crippen LogP contribution in [0.1, 0.15) is 22.8 Å². The summed E-state index contributed by atoms with van der Waals surface area (Å²) in [6, 6.07) is 78.9. The average Bonchev–Trinajstić information content (AvgIpc) is 1.41. The molecule has 0 spiro atoms. The van der Waals surface area contributed by atoms with E-state index in [0.29, 0.717) is 23.5 Å². The summed E-state index contributed by atoms with van der Waals surface area (Å²) in [5, 5.41) is 59.4. The summed E-state index contributed by atoms with van der Waals surface area (Å²) in [4.78, 5) is 35.3. The van der Waals surface area contributed by atoms with Gasteiger partial charge in [-0.25, -0.2) is 29.9 Å². The fourth-order valence-electron chi connectivity index (χ4n) is 9.65. The van der Waals surface area contributed by atoms with Crippen LogP contribution in [0.3, 0.4) is 0 Å². The Morgan fingerprint density at radius 3 is 0.969 bits per heavy atom. The van der Waals surface area contributed by atoms with Crippen LogP contribution in [0.4, 0.5) is 69.8 Å². The lowest BCUT2D eigenvalue weighted by Crippen LogP contribution is -2.02. The largest absolute Gasteiger partial charge is 0.324 e. The summed E-state index contributed by atoms with van der Waals surface area (Å²) in [6.07, 6.45) is 4.91. The minimum atomic E-state index is 0.537. The van der Waals surface area contributed by atoms with E-state index in [-0.39, 0.29) is 0 Å². The van der Waals surface area contributed by atoms with E-state index in [4.69, 9.17) is 0 Å². The fraction of sp³-hybridized carbons (Fsp3) is 0.0548. The molecule has 0 amide bonds. The molecule has 17 rings (SSSR count). The number of anilines is 12. The molecule has 8 aromatic carbocycles. The number of aromatic nitrogens is 18. The molecule has 24 nitrogen and oxygen atoms in total. The van der Waals surface area contributed by atoms with Crippen LogP contribution >= 0.6 is 0 Å². The van der Waals surface area contributed by atoms with E-state index < -0.39 is 0 Å². The van der Waals surface area contributed by atoms with Crippen LogP contribution in [0.25, 0.3) is 54.5 Å². The van der Waals surface area contributed by atoms with Crippen molar-refractivity contribution in [2.45, 2.75) is 27.7 Å². The second-order valence-corrected chi connectivity index (χ2v) is 21.6. The van der Waals surface area contributed by atoms with Crippen LogP contribution < -0.4 is 31.9 Å². The van der Waals surface area contributed by atoms with Crippen LogP contribution in [-0.2, 0) is 0 Å². The highest BCUT2D eigenvalue weighted by atomic mass is 15.2. The molecule has 0 saturated carbocycles. The predicted molar refractivity (Wildman–Crippen MR) is 387 cm³/mol. The summed E-state index contributed by atoms with van der Waals surface area (Å²) in [5.41, 5.74) is 10.5. The molecule has 0 saturated heterocycles. The summed E-state index contributed by atoms with van der Waals surface area (Å²) in [5.74, 6) is 6.99. The zero-order valence-corrected chi connectivity index (χ0v) is 53.1. The van der Waals surface area contributed by atoms with Gasteiger partial charge in [0.05, 0.1) is 33.8 Å². The first kappa shape index (κ1) is 63.4. The third-order valence-electron chi connectivity index (χ3n) is 14.2. The number of hydrogen-bond donors (Lipinski definition) is 11. The average molecular weight is 1280 g/mol.